The van der Waals surface area contributed by atoms with Gasteiger partial charge in [0.2, 0.25) is 0 Å². The Morgan fingerprint density at radius 2 is 1.84 bits per heavy atom. The van der Waals surface area contributed by atoms with E-state index in [1.54, 1.807) is 0 Å². The zero-order valence-electron chi connectivity index (χ0n) is 9.12. The van der Waals surface area contributed by atoms with Crippen LogP contribution in [0.25, 0.3) is 0 Å². The SMILES string of the molecule is O=C(Nc1ccc(Cl)nn1)c1c(F)cc(Br)cc1F. The summed E-state index contributed by atoms with van der Waals surface area (Å²) in [5.41, 5.74) is -0.694. The second-order valence-electron chi connectivity index (χ2n) is 3.44. The van der Waals surface area contributed by atoms with Gasteiger partial charge < -0.3 is 5.32 Å². The number of amides is 1. The van der Waals surface area contributed by atoms with Gasteiger partial charge in [0.25, 0.3) is 5.91 Å². The Balaban J connectivity index is 2.28. The molecule has 8 heteroatoms. The Hall–Kier alpha value is -1.60. The highest BCUT2D eigenvalue weighted by Crippen LogP contribution is 2.20. The van der Waals surface area contributed by atoms with Gasteiger partial charge in [0.1, 0.15) is 17.2 Å². The molecule has 1 amide bonds. The zero-order chi connectivity index (χ0) is 14.0. The number of carbonyl (C=O) groups is 1. The smallest absolute Gasteiger partial charge is 0.262 e. The van der Waals surface area contributed by atoms with Crippen LogP contribution in [0.3, 0.4) is 0 Å². The molecule has 0 atom stereocenters. The van der Waals surface area contributed by atoms with Crippen LogP contribution in [-0.2, 0) is 0 Å². The van der Waals surface area contributed by atoms with E-state index in [9.17, 15) is 13.6 Å². The fraction of sp³-hybridized carbons (Fsp3) is 0. The fourth-order valence-corrected chi connectivity index (χ4v) is 1.82. The standard InChI is InChI=1S/C11H5BrClF2N3O/c12-5-3-6(14)10(7(15)4-5)11(19)16-9-2-1-8(13)17-18-9/h1-4H,(H,16,18,19). The molecule has 0 saturated heterocycles. The molecule has 0 aliphatic heterocycles. The van der Waals surface area contributed by atoms with Crippen LogP contribution in [0, 0.1) is 11.6 Å². The van der Waals surface area contributed by atoms with E-state index in [0.29, 0.717) is 0 Å². The number of benzene rings is 1. The van der Waals surface area contributed by atoms with Crippen LogP contribution >= 0.6 is 27.5 Å². The number of nitrogens with zero attached hydrogens (tertiary/aromatic N) is 2. The van der Waals surface area contributed by atoms with Crippen LogP contribution in [-0.4, -0.2) is 16.1 Å². The Morgan fingerprint density at radius 3 is 2.37 bits per heavy atom. The minimum absolute atomic E-state index is 0.0381. The second kappa shape index (κ2) is 5.58. The molecule has 0 bridgehead atoms. The minimum atomic E-state index is -0.980. The van der Waals surface area contributed by atoms with E-state index in [4.69, 9.17) is 11.6 Å². The van der Waals surface area contributed by atoms with Crippen molar-refractivity contribution in [2.75, 3.05) is 5.32 Å². The molecule has 1 aromatic heterocycles. The van der Waals surface area contributed by atoms with Crippen molar-refractivity contribution in [1.29, 1.82) is 0 Å². The predicted octanol–water partition coefficient (Wildman–Crippen LogP) is 3.42. The van der Waals surface area contributed by atoms with Gasteiger partial charge in [0.05, 0.1) is 0 Å². The monoisotopic (exact) mass is 347 g/mol. The van der Waals surface area contributed by atoms with E-state index in [2.05, 4.69) is 31.4 Å². The minimum Gasteiger partial charge on any atom is -0.305 e. The molecule has 98 valence electrons. The molecule has 0 saturated carbocycles. The fourth-order valence-electron chi connectivity index (χ4n) is 1.32. The van der Waals surface area contributed by atoms with Crippen LogP contribution < -0.4 is 5.32 Å². The van der Waals surface area contributed by atoms with Gasteiger partial charge in [-0.25, -0.2) is 8.78 Å². The molecular weight excluding hydrogens is 343 g/mol. The molecule has 4 nitrogen and oxygen atoms in total. The van der Waals surface area contributed by atoms with Gasteiger partial charge >= 0.3 is 0 Å². The highest BCUT2D eigenvalue weighted by molar-refractivity contribution is 9.10. The maximum atomic E-state index is 13.5. The highest BCUT2D eigenvalue weighted by atomic mass is 79.9. The number of hydrogen-bond acceptors (Lipinski definition) is 3. The number of aromatic nitrogens is 2. The summed E-state index contributed by atoms with van der Waals surface area (Å²) >= 11 is 8.44. The summed E-state index contributed by atoms with van der Waals surface area (Å²) in [6.45, 7) is 0. The summed E-state index contributed by atoms with van der Waals surface area (Å²) in [4.78, 5) is 11.7. The molecule has 1 aromatic carbocycles. The molecule has 19 heavy (non-hydrogen) atoms. The maximum Gasteiger partial charge on any atom is 0.262 e. The van der Waals surface area contributed by atoms with Gasteiger partial charge in [-0.2, -0.15) is 0 Å². The maximum absolute atomic E-state index is 13.5. The summed E-state index contributed by atoms with van der Waals surface area (Å²) < 4.78 is 27.3. The Labute approximate surface area is 119 Å². The van der Waals surface area contributed by atoms with Crippen LogP contribution in [0.1, 0.15) is 10.4 Å². The Morgan fingerprint density at radius 1 is 1.21 bits per heavy atom. The summed E-state index contributed by atoms with van der Waals surface area (Å²) in [6.07, 6.45) is 0. The van der Waals surface area contributed by atoms with Crippen molar-refractivity contribution in [2.24, 2.45) is 0 Å². The topological polar surface area (TPSA) is 54.9 Å². The van der Waals surface area contributed by atoms with Gasteiger partial charge in [0.15, 0.2) is 11.0 Å². The summed E-state index contributed by atoms with van der Waals surface area (Å²) in [5.74, 6) is -2.88. The van der Waals surface area contributed by atoms with Crippen molar-refractivity contribution in [1.82, 2.24) is 10.2 Å². The molecular formula is C11H5BrClF2N3O. The second-order valence-corrected chi connectivity index (χ2v) is 4.74. The normalized spacial score (nSPS) is 10.3. The van der Waals surface area contributed by atoms with E-state index in [1.807, 2.05) is 0 Å². The van der Waals surface area contributed by atoms with Crippen LogP contribution in [0.15, 0.2) is 28.7 Å². The zero-order valence-corrected chi connectivity index (χ0v) is 11.5. The number of nitrogens with one attached hydrogen (secondary N) is 1. The first-order valence-electron chi connectivity index (χ1n) is 4.92. The summed E-state index contributed by atoms with van der Waals surface area (Å²) in [5, 5.41) is 9.40. The molecule has 0 fully saturated rings. The molecule has 2 aromatic rings. The first kappa shape index (κ1) is 13.8. The highest BCUT2D eigenvalue weighted by Gasteiger charge is 2.18. The van der Waals surface area contributed by atoms with Gasteiger partial charge in [0, 0.05) is 4.47 Å². The molecule has 0 radical (unpaired) electrons. The molecule has 1 heterocycles. The molecule has 0 aliphatic carbocycles. The van der Waals surface area contributed by atoms with E-state index in [0.717, 1.165) is 12.1 Å². The van der Waals surface area contributed by atoms with Crippen molar-refractivity contribution in [3.63, 3.8) is 0 Å². The molecule has 0 unspecified atom stereocenters. The molecule has 0 spiro atoms. The van der Waals surface area contributed by atoms with Gasteiger partial charge in [-0.15, -0.1) is 10.2 Å². The predicted molar refractivity (Wildman–Crippen MR) is 69.1 cm³/mol. The number of anilines is 1. The lowest BCUT2D eigenvalue weighted by Crippen LogP contribution is -2.17. The van der Waals surface area contributed by atoms with Crippen LogP contribution in [0.5, 0.6) is 0 Å². The van der Waals surface area contributed by atoms with Crippen molar-refractivity contribution < 1.29 is 13.6 Å². The van der Waals surface area contributed by atoms with Gasteiger partial charge in [-0.05, 0) is 24.3 Å². The third-order valence-corrected chi connectivity index (χ3v) is 2.77. The molecule has 2 rings (SSSR count). The van der Waals surface area contributed by atoms with Crippen LogP contribution in [0.4, 0.5) is 14.6 Å². The van der Waals surface area contributed by atoms with Gasteiger partial charge in [-0.1, -0.05) is 27.5 Å². The number of rotatable bonds is 2. The van der Waals surface area contributed by atoms with Crippen molar-refractivity contribution in [3.8, 4) is 0 Å². The quantitative estimate of drug-likeness (QED) is 0.905. The third-order valence-electron chi connectivity index (χ3n) is 2.11. The van der Waals surface area contributed by atoms with Crippen molar-refractivity contribution >= 4 is 39.3 Å². The Kier molecular flexibility index (Phi) is 4.06. The van der Waals surface area contributed by atoms with E-state index < -0.39 is 23.1 Å². The lowest BCUT2D eigenvalue weighted by atomic mass is 10.2. The number of halogens is 4. The van der Waals surface area contributed by atoms with E-state index >= 15 is 0 Å². The first-order chi connectivity index (χ1) is 8.97. The van der Waals surface area contributed by atoms with E-state index in [1.165, 1.54) is 12.1 Å². The molecule has 1 N–H and O–H groups in total. The number of hydrogen-bond donors (Lipinski definition) is 1. The van der Waals surface area contributed by atoms with Crippen molar-refractivity contribution in [2.45, 2.75) is 0 Å². The largest absolute Gasteiger partial charge is 0.305 e. The van der Waals surface area contributed by atoms with Crippen molar-refractivity contribution in [3.05, 3.63) is 51.1 Å². The lowest BCUT2D eigenvalue weighted by Gasteiger charge is -2.06. The average Bonchev–Trinajstić information content (AvgIpc) is 2.30. The summed E-state index contributed by atoms with van der Waals surface area (Å²) in [7, 11) is 0. The van der Waals surface area contributed by atoms with Gasteiger partial charge in [-0.3, -0.25) is 4.79 Å². The van der Waals surface area contributed by atoms with E-state index in [-0.39, 0.29) is 15.4 Å². The number of carbonyl (C=O) groups excluding carboxylic acids is 1. The lowest BCUT2D eigenvalue weighted by molar-refractivity contribution is 0.101. The summed E-state index contributed by atoms with van der Waals surface area (Å²) in [6, 6.07) is 4.73. The molecule has 0 aliphatic rings. The van der Waals surface area contributed by atoms with Crippen LogP contribution in [0.2, 0.25) is 5.15 Å². The average molecular weight is 349 g/mol. The Bertz CT molecular complexity index is 613. The third kappa shape index (κ3) is 3.24. The first-order valence-corrected chi connectivity index (χ1v) is 6.09.